The van der Waals surface area contributed by atoms with Crippen LogP contribution in [-0.2, 0) is 11.2 Å². The molecule has 0 aliphatic heterocycles. The number of nitrogens with one attached hydrogen (secondary N) is 1. The lowest BCUT2D eigenvalue weighted by molar-refractivity contribution is -0.136. The second-order valence-corrected chi connectivity index (χ2v) is 7.82. The van der Waals surface area contributed by atoms with Gasteiger partial charge in [0.05, 0.1) is 12.1 Å². The van der Waals surface area contributed by atoms with Crippen LogP contribution in [0.5, 0.6) is 0 Å². The van der Waals surface area contributed by atoms with Crippen LogP contribution in [0.3, 0.4) is 0 Å². The first kappa shape index (κ1) is 21.8. The van der Waals surface area contributed by atoms with Crippen LogP contribution in [0.1, 0.15) is 28.0 Å². The number of carbonyl (C=O) groups excluding carboxylic acids is 1. The number of hydrogen-bond donors (Lipinski definition) is 3. The predicted molar refractivity (Wildman–Crippen MR) is 126 cm³/mol. The maximum Gasteiger partial charge on any atom is 0.303 e. The lowest BCUT2D eigenvalue weighted by Crippen LogP contribution is -2.12. The summed E-state index contributed by atoms with van der Waals surface area (Å²) < 4.78 is 2.03. The van der Waals surface area contributed by atoms with Crippen molar-refractivity contribution in [2.24, 2.45) is 5.73 Å². The molecule has 4 aromatic rings. The number of amides is 1. The van der Waals surface area contributed by atoms with Crippen molar-refractivity contribution in [2.75, 3.05) is 0 Å². The van der Waals surface area contributed by atoms with Gasteiger partial charge in [0.25, 0.3) is 0 Å². The summed E-state index contributed by atoms with van der Waals surface area (Å²) >= 11 is 0. The third-order valence-electron chi connectivity index (χ3n) is 5.58. The molecule has 7 heteroatoms. The van der Waals surface area contributed by atoms with E-state index in [-0.39, 0.29) is 12.0 Å². The monoisotopic (exact) mass is 441 g/mol. The molecule has 4 rings (SSSR count). The van der Waals surface area contributed by atoms with E-state index < -0.39 is 11.9 Å². The van der Waals surface area contributed by atoms with Crippen molar-refractivity contribution in [3.63, 3.8) is 0 Å². The fourth-order valence-electron chi connectivity index (χ4n) is 3.90. The summed E-state index contributed by atoms with van der Waals surface area (Å²) in [6.07, 6.45) is 2.04. The van der Waals surface area contributed by atoms with Crippen molar-refractivity contribution < 1.29 is 14.7 Å². The molecule has 2 aromatic heterocycles. The highest BCUT2D eigenvalue weighted by atomic mass is 16.4. The number of carboxylic acid groups (broad SMARTS) is 1. The minimum Gasteiger partial charge on any atom is -0.481 e. The molecule has 7 nitrogen and oxygen atoms in total. The Morgan fingerprint density at radius 3 is 2.24 bits per heavy atom. The quantitative estimate of drug-likeness (QED) is 0.403. The number of aromatic nitrogens is 2. The Bertz CT molecular complexity index is 1380. The number of nitrogens with two attached hydrogens (primary N) is 1. The number of benzene rings is 2. The smallest absolute Gasteiger partial charge is 0.303 e. The second-order valence-electron chi connectivity index (χ2n) is 7.82. The van der Waals surface area contributed by atoms with E-state index in [2.05, 4.69) is 4.98 Å². The number of nitrogens with zero attached hydrogens (tertiary/aromatic N) is 1. The van der Waals surface area contributed by atoms with Crippen molar-refractivity contribution in [3.05, 3.63) is 100 Å². The molecular weight excluding hydrogens is 418 g/mol. The van der Waals surface area contributed by atoms with Gasteiger partial charge in [-0.05, 0) is 72.0 Å². The minimum absolute atomic E-state index is 0.00696. The summed E-state index contributed by atoms with van der Waals surface area (Å²) in [5.74, 6) is -1.36. The number of aryl methyl sites for hydroxylation is 2. The van der Waals surface area contributed by atoms with Gasteiger partial charge in [0.15, 0.2) is 0 Å². The van der Waals surface area contributed by atoms with E-state index in [0.717, 1.165) is 39.3 Å². The Balaban J connectivity index is 1.79. The Morgan fingerprint density at radius 2 is 1.64 bits per heavy atom. The molecule has 0 unspecified atom stereocenters. The maximum atomic E-state index is 11.6. The summed E-state index contributed by atoms with van der Waals surface area (Å²) in [6, 6.07) is 20.3. The highest BCUT2D eigenvalue weighted by Crippen LogP contribution is 2.31. The van der Waals surface area contributed by atoms with Crippen molar-refractivity contribution in [3.8, 4) is 28.1 Å². The maximum absolute atomic E-state index is 11.6. The summed E-state index contributed by atoms with van der Waals surface area (Å²) in [6.45, 7) is 1.89. The predicted octanol–water partition coefficient (Wildman–Crippen LogP) is 3.92. The normalized spacial score (nSPS) is 10.8. The van der Waals surface area contributed by atoms with Crippen LogP contribution >= 0.6 is 0 Å². The fourth-order valence-corrected chi connectivity index (χ4v) is 3.90. The molecule has 0 fully saturated rings. The molecule has 0 saturated carbocycles. The number of primary amides is 1. The highest BCUT2D eigenvalue weighted by molar-refractivity contribution is 5.93. The van der Waals surface area contributed by atoms with E-state index in [1.807, 2.05) is 54.0 Å². The fraction of sp³-hybridized carbons (Fsp3) is 0.115. The zero-order valence-electron chi connectivity index (χ0n) is 18.0. The average Bonchev–Trinajstić information content (AvgIpc) is 3.22. The number of carbonyl (C=O) groups is 2. The van der Waals surface area contributed by atoms with Crippen molar-refractivity contribution >= 4 is 11.9 Å². The SMILES string of the molecule is Cc1cc(C(N)=O)ccc1-n1c(CCC(=O)O)ccc1-c1ccc(-c2ccc(=O)[nH]c2)cc1. The molecule has 0 radical (unpaired) electrons. The summed E-state index contributed by atoms with van der Waals surface area (Å²) in [7, 11) is 0. The van der Waals surface area contributed by atoms with E-state index in [4.69, 9.17) is 5.73 Å². The summed E-state index contributed by atoms with van der Waals surface area (Å²) in [4.78, 5) is 36.8. The standard InChI is InChI=1S/C26H23N3O4/c1-16-14-19(26(27)33)6-10-22(16)29-21(9-13-25(31)32)8-11-23(29)18-4-2-17(3-5-18)20-7-12-24(30)28-15-20/h2-8,10-12,14-15H,9,13H2,1H3,(H2,27,33)(H,28,30)(H,31,32). The number of aliphatic carboxylic acids is 1. The first-order valence-corrected chi connectivity index (χ1v) is 10.5. The third-order valence-corrected chi connectivity index (χ3v) is 5.58. The van der Waals surface area contributed by atoms with Gasteiger partial charge in [-0.3, -0.25) is 14.4 Å². The Labute approximate surface area is 190 Å². The molecule has 4 N–H and O–H groups in total. The first-order valence-electron chi connectivity index (χ1n) is 10.5. The number of hydrogen-bond acceptors (Lipinski definition) is 3. The van der Waals surface area contributed by atoms with Crippen LogP contribution in [-0.4, -0.2) is 26.5 Å². The van der Waals surface area contributed by atoms with Gasteiger partial charge in [-0.2, -0.15) is 0 Å². The van der Waals surface area contributed by atoms with Crippen molar-refractivity contribution in [1.82, 2.24) is 9.55 Å². The van der Waals surface area contributed by atoms with Crippen LogP contribution in [0.2, 0.25) is 0 Å². The number of carboxylic acids is 1. The molecule has 0 spiro atoms. The van der Waals surface area contributed by atoms with Crippen LogP contribution < -0.4 is 11.3 Å². The largest absolute Gasteiger partial charge is 0.481 e. The van der Waals surface area contributed by atoms with Crippen molar-refractivity contribution in [1.29, 1.82) is 0 Å². The molecule has 2 heterocycles. The first-order chi connectivity index (χ1) is 15.8. The zero-order chi connectivity index (χ0) is 23.5. The molecule has 2 aromatic carbocycles. The number of aromatic amines is 1. The molecule has 0 aliphatic carbocycles. The van der Waals surface area contributed by atoms with Gasteiger partial charge in [0.1, 0.15) is 0 Å². The number of pyridine rings is 1. The number of rotatable bonds is 7. The molecule has 0 aliphatic rings. The zero-order valence-corrected chi connectivity index (χ0v) is 18.0. The Kier molecular flexibility index (Phi) is 5.95. The third kappa shape index (κ3) is 4.62. The second kappa shape index (κ2) is 9.00. The molecule has 0 atom stereocenters. The van der Waals surface area contributed by atoms with Crippen LogP contribution in [0, 0.1) is 6.92 Å². The Hall–Kier alpha value is -4.39. The van der Waals surface area contributed by atoms with E-state index >= 15 is 0 Å². The topological polar surface area (TPSA) is 118 Å². The van der Waals surface area contributed by atoms with Crippen molar-refractivity contribution in [2.45, 2.75) is 19.8 Å². The summed E-state index contributed by atoms with van der Waals surface area (Å²) in [5, 5.41) is 9.19. The van der Waals surface area contributed by atoms with Gasteiger partial charge in [-0.15, -0.1) is 0 Å². The van der Waals surface area contributed by atoms with Crippen LogP contribution in [0.15, 0.2) is 77.7 Å². The van der Waals surface area contributed by atoms with Gasteiger partial charge in [0.2, 0.25) is 11.5 Å². The average molecular weight is 441 g/mol. The van der Waals surface area contributed by atoms with Crippen LogP contribution in [0.25, 0.3) is 28.1 Å². The van der Waals surface area contributed by atoms with Gasteiger partial charge in [-0.25, -0.2) is 0 Å². The molecular formula is C26H23N3O4. The molecule has 1 amide bonds. The van der Waals surface area contributed by atoms with E-state index in [0.29, 0.717) is 12.0 Å². The van der Waals surface area contributed by atoms with Crippen LogP contribution in [0.4, 0.5) is 0 Å². The minimum atomic E-state index is -0.865. The van der Waals surface area contributed by atoms with E-state index in [1.54, 1.807) is 24.4 Å². The summed E-state index contributed by atoms with van der Waals surface area (Å²) in [5.41, 5.74) is 12.0. The van der Waals surface area contributed by atoms with E-state index in [9.17, 15) is 19.5 Å². The molecule has 166 valence electrons. The van der Waals surface area contributed by atoms with Gasteiger partial charge in [0, 0.05) is 29.2 Å². The number of H-pyrrole nitrogens is 1. The lowest BCUT2D eigenvalue weighted by atomic mass is 10.0. The Morgan fingerprint density at radius 1 is 0.939 bits per heavy atom. The van der Waals surface area contributed by atoms with Gasteiger partial charge < -0.3 is 20.4 Å². The molecule has 0 saturated heterocycles. The lowest BCUT2D eigenvalue weighted by Gasteiger charge is -2.17. The molecule has 33 heavy (non-hydrogen) atoms. The van der Waals surface area contributed by atoms with Gasteiger partial charge in [-0.1, -0.05) is 24.3 Å². The van der Waals surface area contributed by atoms with Gasteiger partial charge >= 0.3 is 5.97 Å². The molecule has 0 bridgehead atoms. The van der Waals surface area contributed by atoms with E-state index in [1.165, 1.54) is 6.07 Å². The highest BCUT2D eigenvalue weighted by Gasteiger charge is 2.16.